The number of hydrogen-bond donors (Lipinski definition) is 0. The number of fused-ring (bicyclic) bond motifs is 10. The zero-order valence-corrected chi connectivity index (χ0v) is 45.5. The van der Waals surface area contributed by atoms with Crippen LogP contribution in [0.5, 0.6) is 11.5 Å². The second-order valence-electron chi connectivity index (χ2n) is 24.0. The Labute approximate surface area is 451 Å². The second kappa shape index (κ2) is 18.0. The van der Waals surface area contributed by atoms with Crippen LogP contribution in [0.2, 0.25) is 0 Å². The van der Waals surface area contributed by atoms with Crippen LogP contribution in [0.1, 0.15) is 79.0 Å². The van der Waals surface area contributed by atoms with Crippen LogP contribution in [0.3, 0.4) is 0 Å². The zero-order valence-electron chi connectivity index (χ0n) is 45.5. The first-order valence-electron chi connectivity index (χ1n) is 27.0. The summed E-state index contributed by atoms with van der Waals surface area (Å²) in [6.45, 7) is 21.0. The van der Waals surface area contributed by atoms with Gasteiger partial charge in [0.1, 0.15) is 29.8 Å². The summed E-state index contributed by atoms with van der Waals surface area (Å²) in [4.78, 5) is 12.4. The number of anilines is 2. The van der Waals surface area contributed by atoms with Gasteiger partial charge in [-0.25, -0.2) is 9.97 Å². The molecule has 0 spiro atoms. The third kappa shape index (κ3) is 8.35. The Kier molecular flexibility index (Phi) is 11.2. The molecule has 6 heteroatoms. The maximum Gasteiger partial charge on any atom is 0.138 e. The van der Waals surface area contributed by atoms with Crippen LogP contribution in [0, 0.1) is 0 Å². The highest BCUT2D eigenvalue weighted by atomic mass is 16.5. The Hall–Kier alpha value is -8.74. The SMILES string of the molecule is CC(C)(C)c1ccc(-c2cc(-c3cccc4c5ccccc5c5ccccc5c5cccc6c5n(c34)CN6c3cc(Oc4ccc5c6ccccc6n(-c6cc(C(C)(C)C)ccn6)c5c4)ccn3)cc(C(C)(C)C)c2)cc1. The molecule has 0 amide bonds. The summed E-state index contributed by atoms with van der Waals surface area (Å²) in [7, 11) is 0. The van der Waals surface area contributed by atoms with E-state index in [9.17, 15) is 0 Å². The molecule has 378 valence electrons. The highest BCUT2D eigenvalue weighted by Gasteiger charge is 2.28. The number of ether oxygens (including phenoxy) is 1. The Bertz CT molecular complexity index is 4400. The fourth-order valence-corrected chi connectivity index (χ4v) is 11.7. The average Bonchev–Trinajstić information content (AvgIpc) is 4.20. The Morgan fingerprint density at radius 3 is 1.62 bits per heavy atom. The van der Waals surface area contributed by atoms with Gasteiger partial charge < -0.3 is 14.2 Å². The lowest BCUT2D eigenvalue weighted by Gasteiger charge is -2.23. The van der Waals surface area contributed by atoms with Crippen molar-refractivity contribution >= 4 is 76.7 Å². The van der Waals surface area contributed by atoms with Crippen LogP contribution in [0.25, 0.3) is 93.2 Å². The van der Waals surface area contributed by atoms with Crippen LogP contribution in [-0.4, -0.2) is 19.1 Å². The zero-order chi connectivity index (χ0) is 53.0. The third-order valence-electron chi connectivity index (χ3n) is 15.8. The minimum absolute atomic E-state index is 0.0306. The van der Waals surface area contributed by atoms with E-state index in [1.165, 1.54) is 76.6 Å². The summed E-state index contributed by atoms with van der Waals surface area (Å²) < 4.78 is 11.7. The van der Waals surface area contributed by atoms with Crippen LogP contribution >= 0.6 is 0 Å². The summed E-state index contributed by atoms with van der Waals surface area (Å²) >= 11 is 0. The first-order chi connectivity index (χ1) is 37.1. The van der Waals surface area contributed by atoms with E-state index in [1.807, 2.05) is 18.5 Å². The molecule has 0 radical (unpaired) electrons. The van der Waals surface area contributed by atoms with Gasteiger partial charge in [-0.05, 0) is 120 Å². The number of rotatable bonds is 6. The molecular formula is C71H63N5O. The largest absolute Gasteiger partial charge is 0.457 e. The maximum absolute atomic E-state index is 6.90. The molecule has 6 nitrogen and oxygen atoms in total. The molecule has 12 aromatic rings. The van der Waals surface area contributed by atoms with Gasteiger partial charge in [-0.15, -0.1) is 0 Å². The van der Waals surface area contributed by atoms with E-state index in [-0.39, 0.29) is 16.2 Å². The van der Waals surface area contributed by atoms with Crippen molar-refractivity contribution in [3.05, 3.63) is 223 Å². The van der Waals surface area contributed by atoms with Gasteiger partial charge in [-0.1, -0.05) is 196 Å². The molecule has 1 aliphatic heterocycles. The van der Waals surface area contributed by atoms with E-state index in [1.54, 1.807) is 0 Å². The predicted octanol–water partition coefficient (Wildman–Crippen LogP) is 19.2. The Morgan fingerprint density at radius 1 is 0.377 bits per heavy atom. The van der Waals surface area contributed by atoms with Crippen molar-refractivity contribution in [2.24, 2.45) is 0 Å². The molecule has 13 rings (SSSR count). The first-order valence-corrected chi connectivity index (χ1v) is 27.0. The summed E-state index contributed by atoms with van der Waals surface area (Å²) in [5, 5.41) is 9.44. The van der Waals surface area contributed by atoms with Crippen molar-refractivity contribution in [1.82, 2.24) is 19.1 Å². The molecule has 8 aromatic carbocycles. The lowest BCUT2D eigenvalue weighted by Crippen LogP contribution is -2.16. The van der Waals surface area contributed by atoms with E-state index in [0.717, 1.165) is 50.5 Å². The lowest BCUT2D eigenvalue weighted by molar-refractivity contribution is 0.482. The van der Waals surface area contributed by atoms with Crippen LogP contribution < -0.4 is 9.64 Å². The summed E-state index contributed by atoms with van der Waals surface area (Å²) in [5.74, 6) is 3.11. The van der Waals surface area contributed by atoms with E-state index >= 15 is 0 Å². The van der Waals surface area contributed by atoms with Crippen molar-refractivity contribution in [1.29, 1.82) is 0 Å². The summed E-state index contributed by atoms with van der Waals surface area (Å²) in [5.41, 5.74) is 14.0. The highest BCUT2D eigenvalue weighted by molar-refractivity contribution is 6.22. The number of pyridine rings is 2. The van der Waals surface area contributed by atoms with E-state index in [4.69, 9.17) is 14.7 Å². The molecule has 0 atom stereocenters. The normalized spacial score (nSPS) is 12.9. The van der Waals surface area contributed by atoms with Gasteiger partial charge in [0.05, 0.1) is 27.8 Å². The lowest BCUT2D eigenvalue weighted by atomic mass is 9.82. The quantitative estimate of drug-likeness (QED) is 0.167. The van der Waals surface area contributed by atoms with Crippen LogP contribution in [-0.2, 0) is 22.9 Å². The fourth-order valence-electron chi connectivity index (χ4n) is 11.7. The van der Waals surface area contributed by atoms with Crippen molar-refractivity contribution in [3.8, 4) is 39.6 Å². The Balaban J connectivity index is 1.000. The fraction of sp³-hybridized carbons (Fsp3) is 0.183. The van der Waals surface area contributed by atoms with Crippen LogP contribution in [0.4, 0.5) is 11.5 Å². The minimum atomic E-state index is -0.104. The van der Waals surface area contributed by atoms with Crippen molar-refractivity contribution < 1.29 is 4.74 Å². The molecule has 1 aliphatic rings. The second-order valence-corrected chi connectivity index (χ2v) is 24.0. The summed E-state index contributed by atoms with van der Waals surface area (Å²) in [6.07, 6.45) is 3.79. The standard InChI is InChI=1S/C71H63N5O/c1-69(2,3)48-30-28-45(29-31-48)46-38-47(40-50(39-46)71(7,8)9)53-23-16-24-60-56-20-12-10-18-54(56)55-19-11-13-21-57(55)61-25-17-27-63-68(61)75(67(53)60)44-74(63)65-43-52(35-37-72-65)77-51-32-33-59-58-22-14-15-26-62(58)76(64(59)42-51)66-41-49(34-36-73-66)70(4,5)6/h10-43H,44H2,1-9H3. The average molecular weight is 1000 g/mol. The molecule has 4 aromatic heterocycles. The molecule has 0 aliphatic carbocycles. The van der Waals surface area contributed by atoms with Gasteiger partial charge >= 0.3 is 0 Å². The number of benzene rings is 8. The van der Waals surface area contributed by atoms with Gasteiger partial charge in [0.25, 0.3) is 0 Å². The molecule has 0 bridgehead atoms. The highest BCUT2D eigenvalue weighted by Crippen LogP contribution is 2.46. The van der Waals surface area contributed by atoms with E-state index in [2.05, 4.69) is 264 Å². The number of aromatic nitrogens is 4. The van der Waals surface area contributed by atoms with E-state index < -0.39 is 0 Å². The van der Waals surface area contributed by atoms with Crippen LogP contribution in [0.15, 0.2) is 207 Å². The van der Waals surface area contributed by atoms with Crippen molar-refractivity contribution in [2.45, 2.75) is 85.2 Å². The molecule has 0 saturated heterocycles. The number of hydrogen-bond acceptors (Lipinski definition) is 4. The van der Waals surface area contributed by atoms with Crippen molar-refractivity contribution in [3.63, 3.8) is 0 Å². The van der Waals surface area contributed by atoms with Gasteiger partial charge in [0.15, 0.2) is 0 Å². The molecule has 0 N–H and O–H groups in total. The maximum atomic E-state index is 6.90. The third-order valence-corrected chi connectivity index (χ3v) is 15.8. The number of nitrogens with zero attached hydrogens (tertiary/aromatic N) is 5. The first kappa shape index (κ1) is 47.9. The molecule has 0 saturated carbocycles. The molecule has 0 unspecified atom stereocenters. The number of para-hydroxylation sites is 3. The summed E-state index contributed by atoms with van der Waals surface area (Å²) in [6, 6.07) is 71.2. The minimum Gasteiger partial charge on any atom is -0.457 e. The van der Waals surface area contributed by atoms with Gasteiger partial charge in [0, 0.05) is 51.6 Å². The monoisotopic (exact) mass is 1000 g/mol. The molecule has 5 heterocycles. The Morgan fingerprint density at radius 2 is 0.935 bits per heavy atom. The molecular weight excluding hydrogens is 939 g/mol. The molecule has 77 heavy (non-hydrogen) atoms. The topological polar surface area (TPSA) is 48.1 Å². The van der Waals surface area contributed by atoms with Gasteiger partial charge in [-0.2, -0.15) is 0 Å². The smallest absolute Gasteiger partial charge is 0.138 e. The molecule has 0 fully saturated rings. The van der Waals surface area contributed by atoms with Gasteiger partial charge in [-0.3, -0.25) is 4.57 Å². The van der Waals surface area contributed by atoms with Gasteiger partial charge in [0.2, 0.25) is 0 Å². The van der Waals surface area contributed by atoms with E-state index in [0.29, 0.717) is 12.4 Å². The van der Waals surface area contributed by atoms with Crippen molar-refractivity contribution in [2.75, 3.05) is 4.90 Å². The predicted molar refractivity (Wildman–Crippen MR) is 324 cm³/mol.